The summed E-state index contributed by atoms with van der Waals surface area (Å²) in [6.45, 7) is 3.42. The largest absolute Gasteiger partial charge is 0.479 e. The first-order valence-electron chi connectivity index (χ1n) is 4.12. The number of hydrogen-bond acceptors (Lipinski definition) is 4. The molecule has 2 N–H and O–H groups in total. The maximum absolute atomic E-state index is 11.1. The van der Waals surface area contributed by atoms with Gasteiger partial charge in [-0.05, 0) is 13.3 Å². The van der Waals surface area contributed by atoms with E-state index >= 15 is 0 Å². The topological polar surface area (TPSA) is 83.8 Å². The molecule has 0 saturated heterocycles. The Morgan fingerprint density at radius 3 is 2.23 bits per heavy atom. The number of carbonyl (C=O) groups is 2. The summed E-state index contributed by atoms with van der Waals surface area (Å²) in [4.78, 5) is 21.4. The van der Waals surface area contributed by atoms with Crippen LogP contribution in [0.4, 0.5) is 0 Å². The molecule has 2 unspecified atom stereocenters. The van der Waals surface area contributed by atoms with Gasteiger partial charge in [-0.2, -0.15) is 0 Å². The average molecular weight is 190 g/mol. The maximum Gasteiger partial charge on any atom is 0.333 e. The molecule has 0 rings (SSSR count). The fraction of sp³-hybridized carbons (Fsp3) is 0.750. The number of ether oxygens (including phenoxy) is 1. The van der Waals surface area contributed by atoms with Crippen molar-refractivity contribution in [2.24, 2.45) is 5.92 Å². The van der Waals surface area contributed by atoms with Gasteiger partial charge in [0.2, 0.25) is 0 Å². The number of aliphatic hydroxyl groups is 1. The smallest absolute Gasteiger partial charge is 0.333 e. The van der Waals surface area contributed by atoms with Crippen LogP contribution in [0.2, 0.25) is 0 Å². The van der Waals surface area contributed by atoms with Gasteiger partial charge in [0.15, 0.2) is 6.10 Å². The summed E-state index contributed by atoms with van der Waals surface area (Å²) in [6.07, 6.45) is -1.43. The van der Waals surface area contributed by atoms with Crippen molar-refractivity contribution < 1.29 is 24.5 Å². The normalized spacial score (nSPS) is 14.7. The Kier molecular flexibility index (Phi) is 5.06. The van der Waals surface area contributed by atoms with Gasteiger partial charge in [0, 0.05) is 0 Å². The zero-order chi connectivity index (χ0) is 10.4. The number of aliphatic carboxylic acids is 1. The van der Waals surface area contributed by atoms with Crippen molar-refractivity contribution in [3.63, 3.8) is 0 Å². The van der Waals surface area contributed by atoms with E-state index < -0.39 is 24.0 Å². The SMILES string of the molecule is CCOC(=O)C(CC)C(O)C(=O)O. The molecule has 2 atom stereocenters. The zero-order valence-corrected chi connectivity index (χ0v) is 7.69. The highest BCUT2D eigenvalue weighted by Gasteiger charge is 2.31. The van der Waals surface area contributed by atoms with Crippen LogP contribution in [0, 0.1) is 5.92 Å². The molecule has 5 nitrogen and oxygen atoms in total. The van der Waals surface area contributed by atoms with Gasteiger partial charge in [0.25, 0.3) is 0 Å². The van der Waals surface area contributed by atoms with Crippen molar-refractivity contribution in [3.8, 4) is 0 Å². The maximum atomic E-state index is 11.1. The molecule has 0 aromatic rings. The molecule has 0 aromatic heterocycles. The highest BCUT2D eigenvalue weighted by Crippen LogP contribution is 2.11. The number of carbonyl (C=O) groups excluding carboxylic acids is 1. The average Bonchev–Trinajstić information content (AvgIpc) is 2.05. The van der Waals surface area contributed by atoms with Gasteiger partial charge in [0.1, 0.15) is 0 Å². The van der Waals surface area contributed by atoms with Gasteiger partial charge in [0.05, 0.1) is 12.5 Å². The van der Waals surface area contributed by atoms with Gasteiger partial charge in [-0.15, -0.1) is 0 Å². The minimum Gasteiger partial charge on any atom is -0.479 e. The van der Waals surface area contributed by atoms with E-state index in [1.165, 1.54) is 0 Å². The Labute approximate surface area is 76.3 Å². The fourth-order valence-corrected chi connectivity index (χ4v) is 0.940. The summed E-state index contributed by atoms with van der Waals surface area (Å²) in [5, 5.41) is 17.5. The first kappa shape index (κ1) is 11.9. The molecule has 0 aromatic carbocycles. The van der Waals surface area contributed by atoms with Crippen molar-refractivity contribution >= 4 is 11.9 Å². The molecule has 0 aliphatic heterocycles. The molecule has 5 heteroatoms. The van der Waals surface area contributed by atoms with Gasteiger partial charge < -0.3 is 14.9 Å². The molecule has 0 aliphatic carbocycles. The van der Waals surface area contributed by atoms with Crippen molar-refractivity contribution in [1.82, 2.24) is 0 Å². The van der Waals surface area contributed by atoms with E-state index in [-0.39, 0.29) is 13.0 Å². The molecule has 13 heavy (non-hydrogen) atoms. The minimum atomic E-state index is -1.68. The predicted molar refractivity (Wildman–Crippen MR) is 44.1 cm³/mol. The number of esters is 1. The molecule has 0 aliphatic rings. The Balaban J connectivity index is 4.31. The fourth-order valence-electron chi connectivity index (χ4n) is 0.940. The molecule has 0 spiro atoms. The summed E-state index contributed by atoms with van der Waals surface area (Å²) in [6, 6.07) is 0. The molecule has 0 amide bonds. The third-order valence-electron chi connectivity index (χ3n) is 1.66. The summed E-state index contributed by atoms with van der Waals surface area (Å²) in [5.41, 5.74) is 0. The second-order valence-corrected chi connectivity index (χ2v) is 2.55. The number of carboxylic acid groups (broad SMARTS) is 1. The first-order chi connectivity index (χ1) is 6.04. The molecule has 0 radical (unpaired) electrons. The number of carboxylic acids is 1. The highest BCUT2D eigenvalue weighted by molar-refractivity contribution is 5.82. The van der Waals surface area contributed by atoms with Crippen LogP contribution in [0.1, 0.15) is 20.3 Å². The predicted octanol–water partition coefficient (Wildman–Crippen LogP) is 0.0212. The summed E-state index contributed by atoms with van der Waals surface area (Å²) >= 11 is 0. The molecular formula is C8H14O5. The van der Waals surface area contributed by atoms with Crippen LogP contribution in [0.3, 0.4) is 0 Å². The monoisotopic (exact) mass is 190 g/mol. The van der Waals surface area contributed by atoms with Crippen LogP contribution in [0.5, 0.6) is 0 Å². The van der Waals surface area contributed by atoms with Crippen molar-refractivity contribution in [1.29, 1.82) is 0 Å². The van der Waals surface area contributed by atoms with Gasteiger partial charge in [-0.1, -0.05) is 6.92 Å². The van der Waals surface area contributed by atoms with E-state index in [9.17, 15) is 9.59 Å². The summed E-state index contributed by atoms with van der Waals surface area (Å²) in [5.74, 6) is -3.04. The second kappa shape index (κ2) is 5.53. The lowest BCUT2D eigenvalue weighted by molar-refractivity contribution is -0.162. The van der Waals surface area contributed by atoms with Gasteiger partial charge in [-0.25, -0.2) is 4.79 Å². The van der Waals surface area contributed by atoms with E-state index in [4.69, 9.17) is 10.2 Å². The van der Waals surface area contributed by atoms with E-state index in [1.54, 1.807) is 13.8 Å². The lowest BCUT2D eigenvalue weighted by Gasteiger charge is -2.15. The minimum absolute atomic E-state index is 0.182. The van der Waals surface area contributed by atoms with Crippen LogP contribution in [0.25, 0.3) is 0 Å². The third kappa shape index (κ3) is 3.42. The lowest BCUT2D eigenvalue weighted by Crippen LogP contribution is -2.35. The Hall–Kier alpha value is -1.10. The van der Waals surface area contributed by atoms with Crippen LogP contribution < -0.4 is 0 Å². The van der Waals surface area contributed by atoms with E-state index in [2.05, 4.69) is 4.74 Å². The molecule has 0 bridgehead atoms. The third-order valence-corrected chi connectivity index (χ3v) is 1.66. The molecular weight excluding hydrogens is 176 g/mol. The van der Waals surface area contributed by atoms with Crippen molar-refractivity contribution in [2.45, 2.75) is 26.4 Å². The molecule has 0 fully saturated rings. The first-order valence-corrected chi connectivity index (χ1v) is 4.12. The van der Waals surface area contributed by atoms with E-state index in [0.29, 0.717) is 0 Å². The van der Waals surface area contributed by atoms with Crippen LogP contribution in [0.15, 0.2) is 0 Å². The quantitative estimate of drug-likeness (QED) is 0.597. The number of hydrogen-bond donors (Lipinski definition) is 2. The van der Waals surface area contributed by atoms with Crippen LogP contribution in [-0.2, 0) is 14.3 Å². The standard InChI is InChI=1S/C8H14O5/c1-3-5(6(9)7(10)11)8(12)13-4-2/h5-6,9H,3-4H2,1-2H3,(H,10,11). The Morgan fingerprint density at radius 1 is 1.38 bits per heavy atom. The van der Waals surface area contributed by atoms with Crippen molar-refractivity contribution in [2.75, 3.05) is 6.61 Å². The van der Waals surface area contributed by atoms with E-state index in [0.717, 1.165) is 0 Å². The summed E-state index contributed by atoms with van der Waals surface area (Å²) in [7, 11) is 0. The second-order valence-electron chi connectivity index (χ2n) is 2.55. The van der Waals surface area contributed by atoms with E-state index in [1.807, 2.05) is 0 Å². The Morgan fingerprint density at radius 2 is 1.92 bits per heavy atom. The van der Waals surface area contributed by atoms with Crippen molar-refractivity contribution in [3.05, 3.63) is 0 Å². The lowest BCUT2D eigenvalue weighted by atomic mass is 10.00. The van der Waals surface area contributed by atoms with Gasteiger partial charge >= 0.3 is 11.9 Å². The zero-order valence-electron chi connectivity index (χ0n) is 7.69. The summed E-state index contributed by atoms with van der Waals surface area (Å²) < 4.78 is 4.60. The van der Waals surface area contributed by atoms with Gasteiger partial charge in [-0.3, -0.25) is 4.79 Å². The Bertz CT molecular complexity index is 189. The number of aliphatic hydroxyl groups excluding tert-OH is 1. The molecule has 76 valence electrons. The number of rotatable bonds is 5. The molecule has 0 heterocycles. The highest BCUT2D eigenvalue weighted by atomic mass is 16.5. The van der Waals surface area contributed by atoms with Crippen LogP contribution in [-0.4, -0.2) is 34.9 Å². The molecule has 0 saturated carbocycles. The van der Waals surface area contributed by atoms with Crippen LogP contribution >= 0.6 is 0 Å².